The molecule has 4 nitrogen and oxygen atoms in total. The quantitative estimate of drug-likeness (QED) is 0.671. The van der Waals surface area contributed by atoms with Gasteiger partial charge in [-0.05, 0) is 24.3 Å². The van der Waals surface area contributed by atoms with Crippen molar-refractivity contribution >= 4 is 17.2 Å². The van der Waals surface area contributed by atoms with E-state index < -0.39 is 0 Å². The average Bonchev–Trinajstić information content (AvgIpc) is 2.82. The molecule has 0 saturated carbocycles. The van der Waals surface area contributed by atoms with Gasteiger partial charge in [0, 0.05) is 11.8 Å². The number of aromatic nitrogens is 3. The highest BCUT2D eigenvalue weighted by Gasteiger charge is 2.11. The van der Waals surface area contributed by atoms with E-state index >= 15 is 0 Å². The van der Waals surface area contributed by atoms with Crippen LogP contribution < -0.4 is 0 Å². The Kier molecular flexibility index (Phi) is 2.47. The molecule has 1 aromatic carbocycles. The second-order valence-corrected chi connectivity index (χ2v) is 4.17. The molecule has 5 heteroatoms. The minimum Gasteiger partial charge on any atom is -0.281 e. The first-order valence-corrected chi connectivity index (χ1v) is 5.67. The zero-order valence-electron chi connectivity index (χ0n) is 9.21. The second kappa shape index (κ2) is 4.13. The highest BCUT2D eigenvalue weighted by Crippen LogP contribution is 2.26. The lowest BCUT2D eigenvalue weighted by Gasteiger charge is -2.02. The molecule has 0 radical (unpaired) electrons. The predicted molar refractivity (Wildman–Crippen MR) is 68.1 cm³/mol. The third kappa shape index (κ3) is 1.62. The summed E-state index contributed by atoms with van der Waals surface area (Å²) in [6, 6.07) is 13.0. The highest BCUT2D eigenvalue weighted by atomic mass is 35.5. The number of halogens is 1. The first-order valence-electron chi connectivity index (χ1n) is 5.29. The molecular weight excluding hydrogens is 248 g/mol. The summed E-state index contributed by atoms with van der Waals surface area (Å²) in [6.45, 7) is 0. The molecule has 0 atom stereocenters. The number of hydrogen-bond donors (Lipinski definition) is 0. The molecule has 18 heavy (non-hydrogen) atoms. The number of rotatable bonds is 1. The Morgan fingerprint density at radius 1 is 1.11 bits per heavy atom. The van der Waals surface area contributed by atoms with Crippen LogP contribution in [0.25, 0.3) is 17.0 Å². The van der Waals surface area contributed by atoms with Gasteiger partial charge < -0.3 is 0 Å². The van der Waals surface area contributed by atoms with Crippen molar-refractivity contribution in [3.63, 3.8) is 0 Å². The van der Waals surface area contributed by atoms with Crippen LogP contribution in [0.4, 0.5) is 0 Å². The minimum atomic E-state index is 0.551. The lowest BCUT2D eigenvalue weighted by Crippen LogP contribution is -1.91. The molecule has 0 aliphatic heterocycles. The van der Waals surface area contributed by atoms with Crippen molar-refractivity contribution in [3.8, 4) is 17.5 Å². The van der Waals surface area contributed by atoms with Gasteiger partial charge in [0.05, 0.1) is 10.6 Å². The number of pyridine rings is 1. The number of hydrogen-bond acceptors (Lipinski definition) is 3. The van der Waals surface area contributed by atoms with Crippen molar-refractivity contribution < 1.29 is 0 Å². The van der Waals surface area contributed by atoms with Crippen LogP contribution in [0.1, 0.15) is 5.56 Å². The van der Waals surface area contributed by atoms with E-state index in [0.29, 0.717) is 22.1 Å². The van der Waals surface area contributed by atoms with Gasteiger partial charge in [-0.3, -0.25) is 4.40 Å². The summed E-state index contributed by atoms with van der Waals surface area (Å²) in [5.41, 5.74) is 2.03. The molecule has 2 aromatic heterocycles. The van der Waals surface area contributed by atoms with Gasteiger partial charge in [-0.1, -0.05) is 23.7 Å². The van der Waals surface area contributed by atoms with E-state index in [-0.39, 0.29) is 0 Å². The summed E-state index contributed by atoms with van der Waals surface area (Å²) in [5, 5.41) is 17.7. The lowest BCUT2D eigenvalue weighted by molar-refractivity contribution is 1.11. The van der Waals surface area contributed by atoms with E-state index in [2.05, 4.69) is 16.3 Å². The molecule has 0 amide bonds. The first kappa shape index (κ1) is 10.8. The number of benzene rings is 1. The van der Waals surface area contributed by atoms with Crippen molar-refractivity contribution in [3.05, 3.63) is 53.2 Å². The van der Waals surface area contributed by atoms with Gasteiger partial charge in [-0.25, -0.2) is 0 Å². The van der Waals surface area contributed by atoms with Crippen molar-refractivity contribution in [2.45, 2.75) is 0 Å². The summed E-state index contributed by atoms with van der Waals surface area (Å²) in [5.74, 6) is 0.632. The smallest absolute Gasteiger partial charge is 0.169 e. The lowest BCUT2D eigenvalue weighted by atomic mass is 10.2. The number of fused-ring (bicyclic) bond motifs is 1. The minimum absolute atomic E-state index is 0.551. The van der Waals surface area contributed by atoms with Gasteiger partial charge >= 0.3 is 0 Å². The molecule has 0 unspecified atom stereocenters. The Labute approximate surface area is 108 Å². The van der Waals surface area contributed by atoms with Crippen molar-refractivity contribution in [2.75, 3.05) is 0 Å². The third-order valence-electron chi connectivity index (χ3n) is 2.65. The Balaban J connectivity index is 2.31. The standard InChI is InChI=1S/C13H7ClN4/c14-11-4-2-1-3-10(11)13-17-16-12-6-5-9(7-15)8-18(12)13/h1-6,8H. The van der Waals surface area contributed by atoms with Gasteiger partial charge in [-0.2, -0.15) is 5.26 Å². The van der Waals surface area contributed by atoms with E-state index in [1.165, 1.54) is 0 Å². The predicted octanol–water partition coefficient (Wildman–Crippen LogP) is 2.92. The summed E-state index contributed by atoms with van der Waals surface area (Å²) in [6.07, 6.45) is 1.70. The molecule has 0 spiro atoms. The van der Waals surface area contributed by atoms with Gasteiger partial charge in [0.25, 0.3) is 0 Å². The molecule has 0 saturated heterocycles. The largest absolute Gasteiger partial charge is 0.281 e. The van der Waals surface area contributed by atoms with Gasteiger partial charge in [0.2, 0.25) is 0 Å². The second-order valence-electron chi connectivity index (χ2n) is 3.76. The SMILES string of the molecule is N#Cc1ccc2nnc(-c3ccccc3Cl)n2c1. The Morgan fingerprint density at radius 2 is 1.94 bits per heavy atom. The highest BCUT2D eigenvalue weighted by molar-refractivity contribution is 6.33. The molecule has 2 heterocycles. The van der Waals surface area contributed by atoms with Gasteiger partial charge in [-0.15, -0.1) is 10.2 Å². The Morgan fingerprint density at radius 3 is 2.72 bits per heavy atom. The van der Waals surface area contributed by atoms with Crippen LogP contribution in [0.3, 0.4) is 0 Å². The summed E-state index contributed by atoms with van der Waals surface area (Å²) in [7, 11) is 0. The van der Waals surface area contributed by atoms with E-state index in [0.717, 1.165) is 5.56 Å². The maximum Gasteiger partial charge on any atom is 0.169 e. The van der Waals surface area contributed by atoms with Crippen molar-refractivity contribution in [2.24, 2.45) is 0 Å². The molecule has 3 aromatic rings. The van der Waals surface area contributed by atoms with Gasteiger partial charge in [0.1, 0.15) is 6.07 Å². The molecule has 0 aliphatic rings. The molecule has 0 aliphatic carbocycles. The fourth-order valence-corrected chi connectivity index (χ4v) is 2.00. The van der Waals surface area contributed by atoms with E-state index in [1.54, 1.807) is 28.8 Å². The zero-order valence-corrected chi connectivity index (χ0v) is 9.96. The van der Waals surface area contributed by atoms with Crippen LogP contribution in [-0.4, -0.2) is 14.6 Å². The van der Waals surface area contributed by atoms with E-state index in [1.807, 2.05) is 18.2 Å². The first-order chi connectivity index (χ1) is 8.79. The maximum atomic E-state index is 8.92. The van der Waals surface area contributed by atoms with Crippen molar-refractivity contribution in [1.29, 1.82) is 5.26 Å². The fraction of sp³-hybridized carbons (Fsp3) is 0. The number of nitrogens with zero attached hydrogens (tertiary/aromatic N) is 4. The van der Waals surface area contributed by atoms with E-state index in [4.69, 9.17) is 16.9 Å². The average molecular weight is 255 g/mol. The summed E-state index contributed by atoms with van der Waals surface area (Å²) >= 11 is 6.14. The van der Waals surface area contributed by atoms with Crippen LogP contribution in [0.5, 0.6) is 0 Å². The van der Waals surface area contributed by atoms with Crippen LogP contribution in [0, 0.1) is 11.3 Å². The van der Waals surface area contributed by atoms with Crippen molar-refractivity contribution in [1.82, 2.24) is 14.6 Å². The van der Waals surface area contributed by atoms with Crippen LogP contribution in [-0.2, 0) is 0 Å². The van der Waals surface area contributed by atoms with E-state index in [9.17, 15) is 0 Å². The van der Waals surface area contributed by atoms with Crippen LogP contribution in [0.15, 0.2) is 42.6 Å². The molecule has 0 bridgehead atoms. The third-order valence-corrected chi connectivity index (χ3v) is 2.98. The maximum absolute atomic E-state index is 8.92. The molecule has 3 rings (SSSR count). The summed E-state index contributed by atoms with van der Waals surface area (Å²) in [4.78, 5) is 0. The molecule has 86 valence electrons. The van der Waals surface area contributed by atoms with Gasteiger partial charge in [0.15, 0.2) is 11.5 Å². The Bertz CT molecular complexity index is 770. The molecule has 0 fully saturated rings. The topological polar surface area (TPSA) is 54.0 Å². The Hall–Kier alpha value is -2.38. The zero-order chi connectivity index (χ0) is 12.5. The number of nitriles is 1. The monoisotopic (exact) mass is 254 g/mol. The van der Waals surface area contributed by atoms with Crippen LogP contribution >= 0.6 is 11.6 Å². The molecular formula is C13H7ClN4. The summed E-state index contributed by atoms with van der Waals surface area (Å²) < 4.78 is 1.76. The normalized spacial score (nSPS) is 10.4. The molecule has 0 N–H and O–H groups in total. The fourth-order valence-electron chi connectivity index (χ4n) is 1.78. The van der Waals surface area contributed by atoms with Crippen LogP contribution in [0.2, 0.25) is 5.02 Å².